The lowest BCUT2D eigenvalue weighted by molar-refractivity contribution is 0.0597. The summed E-state index contributed by atoms with van der Waals surface area (Å²) in [4.78, 5) is 14.1. The Morgan fingerprint density at radius 1 is 1.44 bits per heavy atom. The number of ether oxygens (including phenoxy) is 1. The molecule has 0 spiro atoms. The summed E-state index contributed by atoms with van der Waals surface area (Å²) in [5.41, 5.74) is 1.76. The molecule has 1 atom stereocenters. The van der Waals surface area contributed by atoms with Gasteiger partial charge in [0.15, 0.2) is 0 Å². The molecule has 3 heteroatoms. The summed E-state index contributed by atoms with van der Waals surface area (Å²) in [5.74, 6) is 0.514. The molecule has 0 saturated carbocycles. The highest BCUT2D eigenvalue weighted by Crippen LogP contribution is 2.19. The van der Waals surface area contributed by atoms with Crippen molar-refractivity contribution in [2.45, 2.75) is 26.3 Å². The maximum atomic E-state index is 11.7. The van der Waals surface area contributed by atoms with Gasteiger partial charge in [-0.25, -0.2) is 4.79 Å². The van der Waals surface area contributed by atoms with Gasteiger partial charge >= 0.3 is 5.97 Å². The third-order valence-electron chi connectivity index (χ3n) is 3.56. The van der Waals surface area contributed by atoms with Crippen molar-refractivity contribution in [1.82, 2.24) is 4.90 Å². The highest BCUT2D eigenvalue weighted by molar-refractivity contribution is 5.90. The molecule has 0 aliphatic carbocycles. The second-order valence-electron chi connectivity index (χ2n) is 5.13. The van der Waals surface area contributed by atoms with Gasteiger partial charge in [-0.1, -0.05) is 25.1 Å². The van der Waals surface area contributed by atoms with Crippen LogP contribution in [0.25, 0.3) is 0 Å². The number of piperidine rings is 1. The van der Waals surface area contributed by atoms with E-state index in [0.29, 0.717) is 5.56 Å². The minimum Gasteiger partial charge on any atom is -0.465 e. The van der Waals surface area contributed by atoms with Crippen molar-refractivity contribution in [1.29, 1.82) is 0 Å². The number of rotatable bonds is 3. The monoisotopic (exact) mass is 247 g/mol. The van der Waals surface area contributed by atoms with Gasteiger partial charge in [0.25, 0.3) is 0 Å². The van der Waals surface area contributed by atoms with Gasteiger partial charge in [0, 0.05) is 13.1 Å². The Kier molecular flexibility index (Phi) is 4.37. The fourth-order valence-corrected chi connectivity index (χ4v) is 2.64. The Morgan fingerprint density at radius 2 is 2.22 bits per heavy atom. The second kappa shape index (κ2) is 6.01. The van der Waals surface area contributed by atoms with E-state index < -0.39 is 0 Å². The van der Waals surface area contributed by atoms with E-state index in [0.717, 1.165) is 31.1 Å². The molecule has 1 aromatic rings. The summed E-state index contributed by atoms with van der Waals surface area (Å²) < 4.78 is 4.83. The summed E-state index contributed by atoms with van der Waals surface area (Å²) in [6, 6.07) is 7.73. The number of esters is 1. The molecule has 1 aliphatic rings. The molecule has 0 amide bonds. The molecule has 1 aromatic carbocycles. The van der Waals surface area contributed by atoms with Crippen LogP contribution in [-0.2, 0) is 11.3 Å². The largest absolute Gasteiger partial charge is 0.465 e. The first-order chi connectivity index (χ1) is 8.70. The molecule has 0 aromatic heterocycles. The quantitative estimate of drug-likeness (QED) is 0.769. The van der Waals surface area contributed by atoms with E-state index in [-0.39, 0.29) is 5.97 Å². The zero-order valence-corrected chi connectivity index (χ0v) is 11.2. The summed E-state index contributed by atoms with van der Waals surface area (Å²) in [5, 5.41) is 0. The van der Waals surface area contributed by atoms with E-state index in [9.17, 15) is 4.79 Å². The predicted molar refractivity (Wildman–Crippen MR) is 71.5 cm³/mol. The van der Waals surface area contributed by atoms with Gasteiger partial charge in [0.2, 0.25) is 0 Å². The number of nitrogens with zero attached hydrogens (tertiary/aromatic N) is 1. The van der Waals surface area contributed by atoms with E-state index in [1.54, 1.807) is 0 Å². The maximum Gasteiger partial charge on any atom is 0.338 e. The Morgan fingerprint density at radius 3 is 2.94 bits per heavy atom. The predicted octanol–water partition coefficient (Wildman–Crippen LogP) is 2.71. The number of benzene rings is 1. The zero-order chi connectivity index (χ0) is 13.0. The van der Waals surface area contributed by atoms with Gasteiger partial charge in [0.05, 0.1) is 12.7 Å². The van der Waals surface area contributed by atoms with Crippen LogP contribution >= 0.6 is 0 Å². The summed E-state index contributed by atoms with van der Waals surface area (Å²) >= 11 is 0. The van der Waals surface area contributed by atoms with Crippen LogP contribution in [0.5, 0.6) is 0 Å². The van der Waals surface area contributed by atoms with Crippen molar-refractivity contribution < 1.29 is 9.53 Å². The van der Waals surface area contributed by atoms with E-state index in [4.69, 9.17) is 4.74 Å². The fraction of sp³-hybridized carbons (Fsp3) is 0.533. The van der Waals surface area contributed by atoms with Crippen molar-refractivity contribution in [2.24, 2.45) is 5.92 Å². The lowest BCUT2D eigenvalue weighted by atomic mass is 9.99. The van der Waals surface area contributed by atoms with Gasteiger partial charge in [-0.2, -0.15) is 0 Å². The normalized spacial score (nSPS) is 20.7. The third kappa shape index (κ3) is 3.10. The maximum absolute atomic E-state index is 11.7. The highest BCUT2D eigenvalue weighted by atomic mass is 16.5. The Hall–Kier alpha value is -1.35. The number of carbonyl (C=O) groups is 1. The molecule has 1 fully saturated rings. The van der Waals surface area contributed by atoms with Crippen LogP contribution in [0, 0.1) is 5.92 Å². The molecule has 18 heavy (non-hydrogen) atoms. The molecule has 1 unspecified atom stereocenters. The smallest absolute Gasteiger partial charge is 0.338 e. The first-order valence-electron chi connectivity index (χ1n) is 6.59. The van der Waals surface area contributed by atoms with E-state index in [2.05, 4.69) is 11.8 Å². The minimum atomic E-state index is -0.240. The first-order valence-corrected chi connectivity index (χ1v) is 6.59. The number of carbonyl (C=O) groups excluding carboxylic acids is 1. The zero-order valence-electron chi connectivity index (χ0n) is 11.2. The lowest BCUT2D eigenvalue weighted by Crippen LogP contribution is -2.34. The molecule has 0 bridgehead atoms. The van der Waals surface area contributed by atoms with Crippen molar-refractivity contribution in [2.75, 3.05) is 20.2 Å². The van der Waals surface area contributed by atoms with Crippen LogP contribution < -0.4 is 0 Å². The lowest BCUT2D eigenvalue weighted by Gasteiger charge is -2.31. The fourth-order valence-electron chi connectivity index (χ4n) is 2.64. The van der Waals surface area contributed by atoms with Crippen molar-refractivity contribution >= 4 is 5.97 Å². The molecule has 1 aliphatic heterocycles. The highest BCUT2D eigenvalue weighted by Gasteiger charge is 2.18. The van der Waals surface area contributed by atoms with Crippen LogP contribution in [0.2, 0.25) is 0 Å². The Labute approximate surface area is 109 Å². The molecule has 98 valence electrons. The van der Waals surface area contributed by atoms with Crippen LogP contribution in [0.3, 0.4) is 0 Å². The van der Waals surface area contributed by atoms with Gasteiger partial charge in [-0.15, -0.1) is 0 Å². The topological polar surface area (TPSA) is 29.5 Å². The number of methoxy groups -OCH3 is 1. The van der Waals surface area contributed by atoms with Gasteiger partial charge in [-0.3, -0.25) is 4.90 Å². The molecular formula is C15H21NO2. The minimum absolute atomic E-state index is 0.240. The summed E-state index contributed by atoms with van der Waals surface area (Å²) in [6.45, 7) is 5.38. The van der Waals surface area contributed by atoms with E-state index in [1.165, 1.54) is 20.0 Å². The van der Waals surface area contributed by atoms with Crippen LogP contribution in [-0.4, -0.2) is 31.1 Å². The SMILES string of the molecule is COC(=O)c1ccccc1CN1CCCC(C)C1. The molecule has 2 rings (SSSR count). The molecule has 1 heterocycles. The van der Waals surface area contributed by atoms with Crippen LogP contribution in [0.15, 0.2) is 24.3 Å². The van der Waals surface area contributed by atoms with E-state index >= 15 is 0 Å². The first kappa shape index (κ1) is 13.1. The third-order valence-corrected chi connectivity index (χ3v) is 3.56. The molecule has 3 nitrogen and oxygen atoms in total. The standard InChI is InChI=1S/C15H21NO2/c1-12-6-5-9-16(10-12)11-13-7-3-4-8-14(13)15(17)18-2/h3-4,7-8,12H,5-6,9-11H2,1-2H3. The molecule has 0 N–H and O–H groups in total. The molecule has 1 saturated heterocycles. The van der Waals surface area contributed by atoms with Crippen LogP contribution in [0.1, 0.15) is 35.7 Å². The average Bonchev–Trinajstić information content (AvgIpc) is 2.38. The van der Waals surface area contributed by atoms with Crippen molar-refractivity contribution in [3.8, 4) is 0 Å². The number of likely N-dealkylation sites (tertiary alicyclic amines) is 1. The summed E-state index contributed by atoms with van der Waals surface area (Å²) in [6.07, 6.45) is 2.57. The second-order valence-corrected chi connectivity index (χ2v) is 5.13. The van der Waals surface area contributed by atoms with Gasteiger partial charge in [0.1, 0.15) is 0 Å². The van der Waals surface area contributed by atoms with Gasteiger partial charge in [-0.05, 0) is 36.9 Å². The van der Waals surface area contributed by atoms with Crippen molar-refractivity contribution in [3.63, 3.8) is 0 Å². The van der Waals surface area contributed by atoms with Gasteiger partial charge < -0.3 is 4.74 Å². The van der Waals surface area contributed by atoms with Crippen molar-refractivity contribution in [3.05, 3.63) is 35.4 Å². The molecular weight excluding hydrogens is 226 g/mol. The summed E-state index contributed by atoms with van der Waals surface area (Å²) in [7, 11) is 1.43. The molecule has 0 radical (unpaired) electrons. The average molecular weight is 247 g/mol. The van der Waals surface area contributed by atoms with E-state index in [1.807, 2.05) is 24.3 Å². The number of hydrogen-bond donors (Lipinski definition) is 0. The Bertz CT molecular complexity index is 417. The number of hydrogen-bond acceptors (Lipinski definition) is 3. The Balaban J connectivity index is 2.10. The van der Waals surface area contributed by atoms with Crippen LogP contribution in [0.4, 0.5) is 0 Å².